The SMILES string of the molecule is CCCCNC(=O)Nc1cc(C#N)ccc1C. The molecule has 0 atom stereocenters. The lowest BCUT2D eigenvalue weighted by Gasteiger charge is -2.09. The Morgan fingerprint density at radius 3 is 2.88 bits per heavy atom. The molecule has 2 amide bonds. The number of rotatable bonds is 4. The quantitative estimate of drug-likeness (QED) is 0.782. The Kier molecular flexibility index (Phi) is 5.02. The van der Waals surface area contributed by atoms with Gasteiger partial charge in [-0.05, 0) is 31.0 Å². The van der Waals surface area contributed by atoms with Crippen molar-refractivity contribution in [2.45, 2.75) is 26.7 Å². The predicted octanol–water partition coefficient (Wildman–Crippen LogP) is 2.79. The van der Waals surface area contributed by atoms with E-state index in [4.69, 9.17) is 5.26 Å². The van der Waals surface area contributed by atoms with Gasteiger partial charge < -0.3 is 10.6 Å². The normalized spacial score (nSPS) is 9.47. The number of benzene rings is 1. The lowest BCUT2D eigenvalue weighted by molar-refractivity contribution is 0.252. The third-order valence-corrected chi connectivity index (χ3v) is 2.43. The fraction of sp³-hybridized carbons (Fsp3) is 0.385. The van der Waals surface area contributed by atoms with Crippen LogP contribution in [0, 0.1) is 18.3 Å². The highest BCUT2D eigenvalue weighted by Crippen LogP contribution is 2.16. The average Bonchev–Trinajstić information content (AvgIpc) is 2.32. The van der Waals surface area contributed by atoms with E-state index in [9.17, 15) is 4.79 Å². The zero-order valence-corrected chi connectivity index (χ0v) is 10.2. The molecule has 0 aliphatic carbocycles. The monoisotopic (exact) mass is 231 g/mol. The van der Waals surface area contributed by atoms with Crippen LogP contribution in [0.25, 0.3) is 0 Å². The summed E-state index contributed by atoms with van der Waals surface area (Å²) in [6.45, 7) is 4.63. The van der Waals surface area contributed by atoms with Crippen molar-refractivity contribution in [3.8, 4) is 6.07 Å². The number of hydrogen-bond acceptors (Lipinski definition) is 2. The largest absolute Gasteiger partial charge is 0.338 e. The number of urea groups is 1. The first-order valence-electron chi connectivity index (χ1n) is 5.73. The molecule has 1 aromatic carbocycles. The summed E-state index contributed by atoms with van der Waals surface area (Å²) < 4.78 is 0. The summed E-state index contributed by atoms with van der Waals surface area (Å²) in [4.78, 5) is 11.5. The Morgan fingerprint density at radius 1 is 1.47 bits per heavy atom. The van der Waals surface area contributed by atoms with Gasteiger partial charge in [0.15, 0.2) is 0 Å². The number of carbonyl (C=O) groups is 1. The first-order valence-corrected chi connectivity index (χ1v) is 5.73. The maximum atomic E-state index is 11.5. The molecule has 1 aromatic rings. The van der Waals surface area contributed by atoms with Crippen LogP contribution >= 0.6 is 0 Å². The third-order valence-electron chi connectivity index (χ3n) is 2.43. The maximum Gasteiger partial charge on any atom is 0.319 e. The second-order valence-corrected chi connectivity index (χ2v) is 3.88. The van der Waals surface area contributed by atoms with Crippen molar-refractivity contribution in [3.05, 3.63) is 29.3 Å². The molecular formula is C13H17N3O. The number of amides is 2. The van der Waals surface area contributed by atoms with E-state index in [2.05, 4.69) is 17.6 Å². The maximum absolute atomic E-state index is 11.5. The minimum atomic E-state index is -0.225. The van der Waals surface area contributed by atoms with Crippen LogP contribution in [0.2, 0.25) is 0 Å². The summed E-state index contributed by atoms with van der Waals surface area (Å²) in [5.41, 5.74) is 2.16. The van der Waals surface area contributed by atoms with Crippen molar-refractivity contribution in [1.82, 2.24) is 5.32 Å². The highest BCUT2D eigenvalue weighted by Gasteiger charge is 2.04. The summed E-state index contributed by atoms with van der Waals surface area (Å²) in [5, 5.41) is 14.3. The van der Waals surface area contributed by atoms with E-state index in [1.807, 2.05) is 19.1 Å². The molecule has 0 fully saturated rings. The Labute approximate surface area is 102 Å². The summed E-state index contributed by atoms with van der Waals surface area (Å²) in [6, 6.07) is 7.05. The second kappa shape index (κ2) is 6.54. The van der Waals surface area contributed by atoms with Gasteiger partial charge in [0.05, 0.1) is 11.6 Å². The van der Waals surface area contributed by atoms with Crippen LogP contribution in [0.4, 0.5) is 10.5 Å². The highest BCUT2D eigenvalue weighted by atomic mass is 16.2. The lowest BCUT2D eigenvalue weighted by Crippen LogP contribution is -2.29. The number of aryl methyl sites for hydroxylation is 1. The molecule has 0 unspecified atom stereocenters. The van der Waals surface area contributed by atoms with E-state index in [0.717, 1.165) is 18.4 Å². The van der Waals surface area contributed by atoms with Gasteiger partial charge in [0, 0.05) is 12.2 Å². The number of nitriles is 1. The van der Waals surface area contributed by atoms with Crippen LogP contribution in [-0.2, 0) is 0 Å². The van der Waals surface area contributed by atoms with Crippen molar-refractivity contribution >= 4 is 11.7 Å². The Balaban J connectivity index is 2.61. The molecular weight excluding hydrogens is 214 g/mol. The molecule has 0 radical (unpaired) electrons. The van der Waals surface area contributed by atoms with Crippen LogP contribution in [-0.4, -0.2) is 12.6 Å². The first kappa shape index (κ1) is 13.0. The van der Waals surface area contributed by atoms with Gasteiger partial charge in [-0.2, -0.15) is 5.26 Å². The van der Waals surface area contributed by atoms with Gasteiger partial charge >= 0.3 is 6.03 Å². The minimum absolute atomic E-state index is 0.225. The van der Waals surface area contributed by atoms with Crippen molar-refractivity contribution in [2.24, 2.45) is 0 Å². The highest BCUT2D eigenvalue weighted by molar-refractivity contribution is 5.90. The number of hydrogen-bond donors (Lipinski definition) is 2. The van der Waals surface area contributed by atoms with Gasteiger partial charge in [-0.1, -0.05) is 19.4 Å². The molecule has 0 spiro atoms. The van der Waals surface area contributed by atoms with E-state index >= 15 is 0 Å². The van der Waals surface area contributed by atoms with Crippen LogP contribution in [0.1, 0.15) is 30.9 Å². The Hall–Kier alpha value is -2.02. The fourth-order valence-corrected chi connectivity index (χ4v) is 1.37. The minimum Gasteiger partial charge on any atom is -0.338 e. The van der Waals surface area contributed by atoms with E-state index in [1.165, 1.54) is 0 Å². The molecule has 90 valence electrons. The van der Waals surface area contributed by atoms with Crippen molar-refractivity contribution < 1.29 is 4.79 Å². The Bertz CT molecular complexity index is 435. The zero-order valence-electron chi connectivity index (χ0n) is 10.2. The van der Waals surface area contributed by atoms with Gasteiger partial charge in [0.2, 0.25) is 0 Å². The smallest absolute Gasteiger partial charge is 0.319 e. The average molecular weight is 231 g/mol. The first-order chi connectivity index (χ1) is 8.17. The molecule has 4 nitrogen and oxygen atoms in total. The Morgan fingerprint density at radius 2 is 2.24 bits per heavy atom. The van der Waals surface area contributed by atoms with Gasteiger partial charge in [-0.3, -0.25) is 0 Å². The number of nitrogens with one attached hydrogen (secondary N) is 2. The van der Waals surface area contributed by atoms with Crippen molar-refractivity contribution in [3.63, 3.8) is 0 Å². The molecule has 0 saturated carbocycles. The van der Waals surface area contributed by atoms with Crippen LogP contribution in [0.3, 0.4) is 0 Å². The molecule has 1 rings (SSSR count). The molecule has 2 N–H and O–H groups in total. The zero-order chi connectivity index (χ0) is 12.7. The standard InChI is InChI=1S/C13H17N3O/c1-3-4-7-15-13(17)16-12-8-11(9-14)6-5-10(12)2/h5-6,8H,3-4,7H2,1-2H3,(H2,15,16,17). The van der Waals surface area contributed by atoms with Gasteiger partial charge in [-0.25, -0.2) is 4.79 Å². The fourth-order valence-electron chi connectivity index (χ4n) is 1.37. The molecule has 0 bridgehead atoms. The number of carbonyl (C=O) groups excluding carboxylic acids is 1. The molecule has 17 heavy (non-hydrogen) atoms. The van der Waals surface area contributed by atoms with E-state index in [-0.39, 0.29) is 6.03 Å². The molecule has 4 heteroatoms. The summed E-state index contributed by atoms with van der Waals surface area (Å²) >= 11 is 0. The van der Waals surface area contributed by atoms with E-state index in [0.29, 0.717) is 17.8 Å². The molecule has 0 heterocycles. The van der Waals surface area contributed by atoms with Crippen molar-refractivity contribution in [2.75, 3.05) is 11.9 Å². The molecule has 0 aliphatic heterocycles. The molecule has 0 aromatic heterocycles. The summed E-state index contributed by atoms with van der Waals surface area (Å²) in [5.74, 6) is 0. The van der Waals surface area contributed by atoms with Gasteiger partial charge in [0.1, 0.15) is 0 Å². The van der Waals surface area contributed by atoms with E-state index < -0.39 is 0 Å². The topological polar surface area (TPSA) is 64.9 Å². The number of unbranched alkanes of at least 4 members (excludes halogenated alkanes) is 1. The second-order valence-electron chi connectivity index (χ2n) is 3.88. The van der Waals surface area contributed by atoms with Gasteiger partial charge in [-0.15, -0.1) is 0 Å². The predicted molar refractivity (Wildman–Crippen MR) is 67.8 cm³/mol. The van der Waals surface area contributed by atoms with Crippen molar-refractivity contribution in [1.29, 1.82) is 5.26 Å². The molecule has 0 aliphatic rings. The van der Waals surface area contributed by atoms with E-state index in [1.54, 1.807) is 12.1 Å². The lowest BCUT2D eigenvalue weighted by atomic mass is 10.1. The summed E-state index contributed by atoms with van der Waals surface area (Å²) in [6.07, 6.45) is 2.01. The van der Waals surface area contributed by atoms with Crippen LogP contribution in [0.5, 0.6) is 0 Å². The van der Waals surface area contributed by atoms with Crippen LogP contribution in [0.15, 0.2) is 18.2 Å². The number of anilines is 1. The third kappa shape index (κ3) is 4.15. The number of nitrogens with zero attached hydrogens (tertiary/aromatic N) is 1. The van der Waals surface area contributed by atoms with Crippen LogP contribution < -0.4 is 10.6 Å². The van der Waals surface area contributed by atoms with Gasteiger partial charge in [0.25, 0.3) is 0 Å². The molecule has 0 saturated heterocycles. The summed E-state index contributed by atoms with van der Waals surface area (Å²) in [7, 11) is 0.